The fraction of sp³-hybridized carbons (Fsp3) is 0.429. The van der Waals surface area contributed by atoms with E-state index in [9.17, 15) is 9.59 Å². The zero-order chi connectivity index (χ0) is 20.8. The number of rotatable bonds is 8. The fourth-order valence-electron chi connectivity index (χ4n) is 3.24. The zero-order valence-electron chi connectivity index (χ0n) is 16.5. The number of esters is 1. The zero-order valence-corrected chi connectivity index (χ0v) is 18.9. The molecule has 0 saturated heterocycles. The highest BCUT2D eigenvalue weighted by molar-refractivity contribution is 9.10. The van der Waals surface area contributed by atoms with Gasteiger partial charge in [-0.3, -0.25) is 4.79 Å². The predicted molar refractivity (Wildman–Crippen MR) is 116 cm³/mol. The Morgan fingerprint density at radius 2 is 2.00 bits per heavy atom. The van der Waals surface area contributed by atoms with E-state index in [1.807, 2.05) is 0 Å². The van der Waals surface area contributed by atoms with Crippen LogP contribution in [0.1, 0.15) is 50.9 Å². The van der Waals surface area contributed by atoms with Crippen LogP contribution in [-0.2, 0) is 22.3 Å². The van der Waals surface area contributed by atoms with E-state index in [1.165, 1.54) is 11.3 Å². The van der Waals surface area contributed by atoms with Crippen molar-refractivity contribution in [2.75, 3.05) is 32.2 Å². The number of halogens is 1. The van der Waals surface area contributed by atoms with Crippen molar-refractivity contribution in [3.8, 4) is 5.75 Å². The number of aryl methyl sites for hydroxylation is 1. The van der Waals surface area contributed by atoms with Crippen LogP contribution in [0.4, 0.5) is 5.00 Å². The Morgan fingerprint density at radius 1 is 1.21 bits per heavy atom. The average molecular weight is 482 g/mol. The highest BCUT2D eigenvalue weighted by Gasteiger charge is 2.27. The van der Waals surface area contributed by atoms with Gasteiger partial charge in [-0.2, -0.15) is 0 Å². The van der Waals surface area contributed by atoms with Gasteiger partial charge in [-0.05, 0) is 72.3 Å². The minimum absolute atomic E-state index is 0.279. The Bertz CT molecular complexity index is 895. The molecule has 1 aliphatic rings. The second-order valence-electron chi connectivity index (χ2n) is 6.58. The number of thiophene rings is 1. The molecule has 0 radical (unpaired) electrons. The van der Waals surface area contributed by atoms with Crippen molar-refractivity contribution < 1.29 is 23.8 Å². The van der Waals surface area contributed by atoms with Crippen LogP contribution >= 0.6 is 27.3 Å². The highest BCUT2D eigenvalue weighted by atomic mass is 79.9. The van der Waals surface area contributed by atoms with Crippen molar-refractivity contribution in [2.24, 2.45) is 0 Å². The molecule has 0 fully saturated rings. The van der Waals surface area contributed by atoms with Crippen LogP contribution in [0.5, 0.6) is 5.75 Å². The van der Waals surface area contributed by atoms with Crippen molar-refractivity contribution in [3.05, 3.63) is 44.2 Å². The summed E-state index contributed by atoms with van der Waals surface area (Å²) in [6.45, 7) is 2.98. The van der Waals surface area contributed by atoms with Crippen molar-refractivity contribution in [3.63, 3.8) is 0 Å². The van der Waals surface area contributed by atoms with E-state index in [2.05, 4.69) is 21.2 Å². The normalized spacial score (nSPS) is 12.9. The molecule has 1 aliphatic carbocycles. The van der Waals surface area contributed by atoms with Gasteiger partial charge >= 0.3 is 5.97 Å². The Kier molecular flexibility index (Phi) is 7.69. The second-order valence-corrected chi connectivity index (χ2v) is 8.54. The third-order valence-electron chi connectivity index (χ3n) is 4.62. The van der Waals surface area contributed by atoms with Crippen LogP contribution in [0, 0.1) is 0 Å². The first-order valence-electron chi connectivity index (χ1n) is 9.59. The number of nitrogens with one attached hydrogen (secondary N) is 1. The lowest BCUT2D eigenvalue weighted by molar-refractivity contribution is 0.0526. The smallest absolute Gasteiger partial charge is 0.341 e. The van der Waals surface area contributed by atoms with Gasteiger partial charge < -0.3 is 19.5 Å². The van der Waals surface area contributed by atoms with Crippen molar-refractivity contribution in [1.82, 2.24) is 0 Å². The lowest BCUT2D eigenvalue weighted by Gasteiger charge is -2.12. The summed E-state index contributed by atoms with van der Waals surface area (Å²) in [6, 6.07) is 5.13. The molecule has 0 unspecified atom stereocenters. The Labute approximate surface area is 182 Å². The predicted octanol–water partition coefficient (Wildman–Crippen LogP) is 4.84. The van der Waals surface area contributed by atoms with E-state index in [4.69, 9.17) is 14.2 Å². The molecule has 0 spiro atoms. The molecule has 1 N–H and O–H groups in total. The van der Waals surface area contributed by atoms with Gasteiger partial charge in [0.25, 0.3) is 5.91 Å². The Hall–Kier alpha value is -1.90. The number of hydrogen-bond donors (Lipinski definition) is 1. The number of ether oxygens (including phenoxy) is 3. The average Bonchev–Trinajstić information content (AvgIpc) is 3.07. The number of fused-ring (bicyclic) bond motifs is 1. The number of hydrogen-bond acceptors (Lipinski definition) is 6. The third kappa shape index (κ3) is 5.18. The van der Waals surface area contributed by atoms with Gasteiger partial charge in [-0.15, -0.1) is 11.3 Å². The molecular weight excluding hydrogens is 458 g/mol. The summed E-state index contributed by atoms with van der Waals surface area (Å²) in [5.41, 5.74) is 2.01. The number of anilines is 1. The van der Waals surface area contributed by atoms with E-state index < -0.39 is 0 Å². The molecule has 0 saturated carbocycles. The SMILES string of the molecule is CCOC(=O)c1c(NC(=O)c2ccc(OCCOC)c(Br)c2)sc2c1CCCC2. The van der Waals surface area contributed by atoms with Gasteiger partial charge in [0.2, 0.25) is 0 Å². The molecule has 1 amide bonds. The van der Waals surface area contributed by atoms with Crippen LogP contribution in [0.3, 0.4) is 0 Å². The number of methoxy groups -OCH3 is 1. The number of benzene rings is 1. The van der Waals surface area contributed by atoms with E-state index in [0.717, 1.165) is 36.1 Å². The summed E-state index contributed by atoms with van der Waals surface area (Å²) < 4.78 is 16.5. The summed E-state index contributed by atoms with van der Waals surface area (Å²) >= 11 is 4.92. The topological polar surface area (TPSA) is 73.9 Å². The standard InChI is InChI=1S/C21H24BrNO5S/c1-3-27-21(25)18-14-6-4-5-7-17(14)29-20(18)23-19(24)13-8-9-16(15(22)12-13)28-11-10-26-2/h8-9,12H,3-7,10-11H2,1-2H3,(H,23,24). The monoisotopic (exact) mass is 481 g/mol. The molecule has 3 rings (SSSR count). The van der Waals surface area contributed by atoms with Gasteiger partial charge in [-0.1, -0.05) is 0 Å². The minimum Gasteiger partial charge on any atom is -0.490 e. The van der Waals surface area contributed by atoms with Gasteiger partial charge in [-0.25, -0.2) is 4.79 Å². The molecule has 6 nitrogen and oxygen atoms in total. The maximum absolute atomic E-state index is 12.8. The maximum atomic E-state index is 12.8. The van der Waals surface area contributed by atoms with E-state index in [0.29, 0.717) is 46.2 Å². The van der Waals surface area contributed by atoms with Crippen molar-refractivity contribution >= 4 is 44.1 Å². The third-order valence-corrected chi connectivity index (χ3v) is 6.44. The van der Waals surface area contributed by atoms with Crippen LogP contribution in [0.15, 0.2) is 22.7 Å². The molecular formula is C21H24BrNO5S. The first-order valence-corrected chi connectivity index (χ1v) is 11.2. The molecule has 1 aromatic heterocycles. The molecule has 8 heteroatoms. The quantitative estimate of drug-likeness (QED) is 0.431. The highest BCUT2D eigenvalue weighted by Crippen LogP contribution is 2.39. The molecule has 29 heavy (non-hydrogen) atoms. The van der Waals surface area contributed by atoms with E-state index in [-0.39, 0.29) is 11.9 Å². The summed E-state index contributed by atoms with van der Waals surface area (Å²) in [4.78, 5) is 26.5. The van der Waals surface area contributed by atoms with Crippen molar-refractivity contribution in [2.45, 2.75) is 32.6 Å². The molecule has 0 atom stereocenters. The second kappa shape index (κ2) is 10.2. The molecule has 0 bridgehead atoms. The van der Waals surface area contributed by atoms with E-state index >= 15 is 0 Å². The molecule has 1 aromatic carbocycles. The summed E-state index contributed by atoms with van der Waals surface area (Å²) in [5.74, 6) is -0.0130. The first kappa shape index (κ1) is 21.8. The number of amides is 1. The lowest BCUT2D eigenvalue weighted by atomic mass is 9.95. The van der Waals surface area contributed by atoms with Crippen LogP contribution < -0.4 is 10.1 Å². The van der Waals surface area contributed by atoms with Gasteiger partial charge in [0.15, 0.2) is 0 Å². The maximum Gasteiger partial charge on any atom is 0.341 e. The van der Waals surface area contributed by atoms with Crippen molar-refractivity contribution in [1.29, 1.82) is 0 Å². The molecule has 156 valence electrons. The number of carbonyl (C=O) groups is 2. The van der Waals surface area contributed by atoms with E-state index in [1.54, 1.807) is 32.2 Å². The first-order chi connectivity index (χ1) is 14.0. The Balaban J connectivity index is 1.81. The van der Waals surface area contributed by atoms with Gasteiger partial charge in [0, 0.05) is 17.6 Å². The van der Waals surface area contributed by atoms with Crippen LogP contribution in [0.2, 0.25) is 0 Å². The number of carbonyl (C=O) groups excluding carboxylic acids is 2. The van der Waals surface area contributed by atoms with Gasteiger partial charge in [0.05, 0.1) is 23.2 Å². The fourth-order valence-corrected chi connectivity index (χ4v) is 5.01. The lowest BCUT2D eigenvalue weighted by Crippen LogP contribution is -2.16. The summed E-state index contributed by atoms with van der Waals surface area (Å²) in [5, 5.41) is 3.49. The Morgan fingerprint density at radius 3 is 2.72 bits per heavy atom. The van der Waals surface area contributed by atoms with Crippen LogP contribution in [0.25, 0.3) is 0 Å². The largest absolute Gasteiger partial charge is 0.490 e. The van der Waals surface area contributed by atoms with Crippen LogP contribution in [-0.4, -0.2) is 38.8 Å². The molecule has 0 aliphatic heterocycles. The molecule has 2 aromatic rings. The van der Waals surface area contributed by atoms with Gasteiger partial charge in [0.1, 0.15) is 17.4 Å². The summed E-state index contributed by atoms with van der Waals surface area (Å²) in [6.07, 6.45) is 3.91. The summed E-state index contributed by atoms with van der Waals surface area (Å²) in [7, 11) is 1.61. The molecule has 1 heterocycles. The minimum atomic E-state index is -0.370.